The van der Waals surface area contributed by atoms with E-state index in [1.165, 1.54) is 17.0 Å². The monoisotopic (exact) mass is 211 g/mol. The van der Waals surface area contributed by atoms with Gasteiger partial charge in [0.05, 0.1) is 5.69 Å². The van der Waals surface area contributed by atoms with Gasteiger partial charge in [0, 0.05) is 0 Å². The van der Waals surface area contributed by atoms with Crippen molar-refractivity contribution in [3.63, 3.8) is 0 Å². The SMILES string of the molecule is Cc1ccc(F)c(-n2cnnc2Cl)c1. The molecule has 1 heterocycles. The van der Waals surface area contributed by atoms with E-state index in [4.69, 9.17) is 11.6 Å². The number of aryl methyl sites for hydroxylation is 1. The van der Waals surface area contributed by atoms with Gasteiger partial charge < -0.3 is 0 Å². The predicted octanol–water partition coefficient (Wildman–Crippen LogP) is 2.37. The summed E-state index contributed by atoms with van der Waals surface area (Å²) in [4.78, 5) is 0. The summed E-state index contributed by atoms with van der Waals surface area (Å²) in [5, 5.41) is 7.31. The lowest BCUT2D eigenvalue weighted by Crippen LogP contribution is -1.96. The molecule has 0 aliphatic heterocycles. The molecule has 5 heteroatoms. The molecule has 0 spiro atoms. The van der Waals surface area contributed by atoms with E-state index in [1.807, 2.05) is 6.92 Å². The van der Waals surface area contributed by atoms with Crippen LogP contribution in [0.15, 0.2) is 24.5 Å². The molecule has 0 atom stereocenters. The van der Waals surface area contributed by atoms with Gasteiger partial charge in [-0.2, -0.15) is 0 Å². The van der Waals surface area contributed by atoms with Crippen LogP contribution in [0.25, 0.3) is 5.69 Å². The molecule has 0 unspecified atom stereocenters. The van der Waals surface area contributed by atoms with Crippen LogP contribution in [-0.2, 0) is 0 Å². The molecule has 0 N–H and O–H groups in total. The Hall–Kier alpha value is -1.42. The second-order valence-corrected chi connectivity index (χ2v) is 3.26. The number of nitrogens with zero attached hydrogens (tertiary/aromatic N) is 3. The minimum Gasteiger partial charge on any atom is -0.269 e. The largest absolute Gasteiger partial charge is 0.269 e. The van der Waals surface area contributed by atoms with Crippen molar-refractivity contribution in [1.82, 2.24) is 14.8 Å². The van der Waals surface area contributed by atoms with Gasteiger partial charge in [-0.25, -0.2) is 4.39 Å². The lowest BCUT2D eigenvalue weighted by molar-refractivity contribution is 0.617. The molecular weight excluding hydrogens is 205 g/mol. The molecular formula is C9H7ClFN3. The molecule has 0 amide bonds. The maximum Gasteiger partial charge on any atom is 0.229 e. The lowest BCUT2D eigenvalue weighted by Gasteiger charge is -2.04. The molecule has 0 bridgehead atoms. The Morgan fingerprint density at radius 1 is 1.43 bits per heavy atom. The van der Waals surface area contributed by atoms with Crippen molar-refractivity contribution in [3.8, 4) is 5.69 Å². The zero-order chi connectivity index (χ0) is 10.1. The van der Waals surface area contributed by atoms with Gasteiger partial charge >= 0.3 is 0 Å². The van der Waals surface area contributed by atoms with Crippen molar-refractivity contribution in [1.29, 1.82) is 0 Å². The van der Waals surface area contributed by atoms with E-state index in [2.05, 4.69) is 10.2 Å². The highest BCUT2D eigenvalue weighted by Gasteiger charge is 2.08. The smallest absolute Gasteiger partial charge is 0.229 e. The highest BCUT2D eigenvalue weighted by atomic mass is 35.5. The van der Waals surface area contributed by atoms with Crippen LogP contribution in [0.5, 0.6) is 0 Å². The Labute approximate surface area is 85.1 Å². The summed E-state index contributed by atoms with van der Waals surface area (Å²) >= 11 is 5.72. The van der Waals surface area contributed by atoms with E-state index in [9.17, 15) is 4.39 Å². The van der Waals surface area contributed by atoms with Gasteiger partial charge in [0.1, 0.15) is 12.1 Å². The van der Waals surface area contributed by atoms with Gasteiger partial charge in [-0.05, 0) is 36.2 Å². The molecule has 0 aliphatic carbocycles. The minimum absolute atomic E-state index is 0.148. The first kappa shape index (κ1) is 9.15. The molecule has 0 aliphatic rings. The van der Waals surface area contributed by atoms with E-state index < -0.39 is 0 Å². The number of hydrogen-bond donors (Lipinski definition) is 0. The third kappa shape index (κ3) is 1.48. The van der Waals surface area contributed by atoms with Crippen molar-refractivity contribution in [2.24, 2.45) is 0 Å². The van der Waals surface area contributed by atoms with Crippen molar-refractivity contribution >= 4 is 11.6 Å². The van der Waals surface area contributed by atoms with Crippen LogP contribution >= 0.6 is 11.6 Å². The first-order valence-electron chi connectivity index (χ1n) is 4.00. The van der Waals surface area contributed by atoms with E-state index in [0.717, 1.165) is 5.56 Å². The summed E-state index contributed by atoms with van der Waals surface area (Å²) in [7, 11) is 0. The summed E-state index contributed by atoms with van der Waals surface area (Å²) < 4.78 is 14.8. The van der Waals surface area contributed by atoms with E-state index in [1.54, 1.807) is 12.1 Å². The van der Waals surface area contributed by atoms with Gasteiger partial charge in [0.2, 0.25) is 5.28 Å². The predicted molar refractivity (Wildman–Crippen MR) is 51.1 cm³/mol. The van der Waals surface area contributed by atoms with E-state index in [-0.39, 0.29) is 11.1 Å². The lowest BCUT2D eigenvalue weighted by atomic mass is 10.2. The van der Waals surface area contributed by atoms with Gasteiger partial charge in [0.15, 0.2) is 0 Å². The first-order valence-corrected chi connectivity index (χ1v) is 4.38. The van der Waals surface area contributed by atoms with Crippen molar-refractivity contribution in [2.75, 3.05) is 0 Å². The molecule has 72 valence electrons. The number of rotatable bonds is 1. The molecule has 0 saturated carbocycles. The standard InChI is InChI=1S/C9H7ClFN3/c1-6-2-3-7(11)8(4-6)14-5-12-13-9(14)10/h2-5H,1H3. The van der Waals surface area contributed by atoms with Gasteiger partial charge in [0.25, 0.3) is 0 Å². The van der Waals surface area contributed by atoms with Crippen LogP contribution in [0.4, 0.5) is 4.39 Å². The van der Waals surface area contributed by atoms with Crippen LogP contribution in [-0.4, -0.2) is 14.8 Å². The molecule has 2 aromatic rings. The van der Waals surface area contributed by atoms with Crippen molar-refractivity contribution in [2.45, 2.75) is 6.92 Å². The highest BCUT2D eigenvalue weighted by molar-refractivity contribution is 6.28. The third-order valence-corrected chi connectivity index (χ3v) is 2.13. The summed E-state index contributed by atoms with van der Waals surface area (Å²) in [6.45, 7) is 1.88. The molecule has 0 saturated heterocycles. The first-order chi connectivity index (χ1) is 6.68. The second kappa shape index (κ2) is 3.38. The van der Waals surface area contributed by atoms with Crippen molar-refractivity contribution < 1.29 is 4.39 Å². The molecule has 3 nitrogen and oxygen atoms in total. The Bertz CT molecular complexity index is 467. The third-order valence-electron chi connectivity index (χ3n) is 1.87. The summed E-state index contributed by atoms with van der Waals surface area (Å²) in [5.41, 5.74) is 1.31. The van der Waals surface area contributed by atoms with Gasteiger partial charge in [-0.15, -0.1) is 10.2 Å². The number of aromatic nitrogens is 3. The summed E-state index contributed by atoms with van der Waals surface area (Å²) in [6, 6.07) is 4.77. The van der Waals surface area contributed by atoms with Crippen LogP contribution < -0.4 is 0 Å². The van der Waals surface area contributed by atoms with E-state index in [0.29, 0.717) is 5.69 Å². The summed E-state index contributed by atoms with van der Waals surface area (Å²) in [6.07, 6.45) is 1.38. The fourth-order valence-electron chi connectivity index (χ4n) is 1.19. The minimum atomic E-state index is -0.350. The molecule has 2 rings (SSSR count). The maximum absolute atomic E-state index is 13.4. The highest BCUT2D eigenvalue weighted by Crippen LogP contribution is 2.18. The average Bonchev–Trinajstić information content (AvgIpc) is 2.56. The molecule has 1 aromatic carbocycles. The maximum atomic E-state index is 13.4. The van der Waals surface area contributed by atoms with Crippen LogP contribution in [0, 0.1) is 12.7 Å². The van der Waals surface area contributed by atoms with Crippen LogP contribution in [0.2, 0.25) is 5.28 Å². The van der Waals surface area contributed by atoms with Crippen molar-refractivity contribution in [3.05, 3.63) is 41.2 Å². The zero-order valence-electron chi connectivity index (χ0n) is 7.41. The molecule has 1 aromatic heterocycles. The Balaban J connectivity index is 2.62. The Morgan fingerprint density at radius 2 is 2.21 bits per heavy atom. The molecule has 14 heavy (non-hydrogen) atoms. The molecule has 0 radical (unpaired) electrons. The quantitative estimate of drug-likeness (QED) is 0.725. The van der Waals surface area contributed by atoms with Gasteiger partial charge in [-0.1, -0.05) is 6.07 Å². The Kier molecular flexibility index (Phi) is 2.21. The Morgan fingerprint density at radius 3 is 2.86 bits per heavy atom. The second-order valence-electron chi connectivity index (χ2n) is 2.92. The van der Waals surface area contributed by atoms with Crippen LogP contribution in [0.3, 0.4) is 0 Å². The fourth-order valence-corrected chi connectivity index (χ4v) is 1.37. The average molecular weight is 212 g/mol. The van der Waals surface area contributed by atoms with Gasteiger partial charge in [-0.3, -0.25) is 4.57 Å². The fraction of sp³-hybridized carbons (Fsp3) is 0.111. The normalized spacial score (nSPS) is 10.5. The van der Waals surface area contributed by atoms with Crippen LogP contribution in [0.1, 0.15) is 5.56 Å². The van der Waals surface area contributed by atoms with E-state index >= 15 is 0 Å². The zero-order valence-corrected chi connectivity index (χ0v) is 8.16. The number of hydrogen-bond acceptors (Lipinski definition) is 2. The topological polar surface area (TPSA) is 30.7 Å². The number of halogens is 2. The molecule has 0 fully saturated rings. The summed E-state index contributed by atoms with van der Waals surface area (Å²) in [5.74, 6) is -0.350. The number of benzene rings is 1.